The van der Waals surface area contributed by atoms with Crippen LogP contribution >= 0.6 is 0 Å². The summed E-state index contributed by atoms with van der Waals surface area (Å²) in [7, 11) is 0. The molecule has 0 radical (unpaired) electrons. The molecule has 0 heterocycles. The first-order chi connectivity index (χ1) is 6.97. The summed E-state index contributed by atoms with van der Waals surface area (Å²) in [4.78, 5) is 0. The van der Waals surface area contributed by atoms with Crippen LogP contribution in [0.25, 0.3) is 0 Å². The topological polar surface area (TPSA) is 12.0 Å². The van der Waals surface area contributed by atoms with Crippen molar-refractivity contribution < 1.29 is 4.39 Å². The van der Waals surface area contributed by atoms with Gasteiger partial charge in [0.15, 0.2) is 0 Å². The molecule has 1 saturated carbocycles. The zero-order valence-corrected chi connectivity index (χ0v) is 10.5. The minimum absolute atomic E-state index is 0.0386. The third-order valence-corrected chi connectivity index (χ3v) is 3.17. The van der Waals surface area contributed by atoms with Gasteiger partial charge in [0.25, 0.3) is 0 Å². The summed E-state index contributed by atoms with van der Waals surface area (Å²) >= 11 is 0. The van der Waals surface area contributed by atoms with Crippen LogP contribution < -0.4 is 5.32 Å². The maximum atomic E-state index is 13.7. The van der Waals surface area contributed by atoms with Crippen LogP contribution in [0.4, 0.5) is 4.39 Å². The average Bonchev–Trinajstić information content (AvgIpc) is 2.15. The second-order valence-electron chi connectivity index (χ2n) is 5.97. The molecule has 1 unspecified atom stereocenters. The van der Waals surface area contributed by atoms with Crippen molar-refractivity contribution in [3.63, 3.8) is 0 Å². The minimum Gasteiger partial charge on any atom is -0.309 e. The predicted octanol–water partition coefficient (Wildman–Crippen LogP) is 3.68. The van der Waals surface area contributed by atoms with E-state index in [4.69, 9.17) is 0 Å². The summed E-state index contributed by atoms with van der Waals surface area (Å²) in [5, 5.41) is 3.24. The third-order valence-electron chi connectivity index (χ3n) is 3.17. The first kappa shape index (κ1) is 13.0. The van der Waals surface area contributed by atoms with E-state index in [9.17, 15) is 4.39 Å². The zero-order valence-electron chi connectivity index (χ0n) is 10.5. The molecule has 1 atom stereocenters. The molecule has 1 aliphatic rings. The molecule has 15 heavy (non-hydrogen) atoms. The largest absolute Gasteiger partial charge is 0.309 e. The van der Waals surface area contributed by atoms with E-state index in [0.717, 1.165) is 6.42 Å². The van der Waals surface area contributed by atoms with Crippen LogP contribution in [0.1, 0.15) is 59.3 Å². The minimum atomic E-state index is -0.660. The highest BCUT2D eigenvalue weighted by atomic mass is 19.1. The van der Waals surface area contributed by atoms with Gasteiger partial charge in [-0.15, -0.1) is 0 Å². The summed E-state index contributed by atoms with van der Waals surface area (Å²) in [6, 6.07) is 0. The van der Waals surface area contributed by atoms with Gasteiger partial charge in [0.05, 0.1) is 0 Å². The highest BCUT2D eigenvalue weighted by Crippen LogP contribution is 2.27. The molecule has 1 aliphatic carbocycles. The summed E-state index contributed by atoms with van der Waals surface area (Å²) in [6.45, 7) is 6.76. The van der Waals surface area contributed by atoms with Crippen molar-refractivity contribution in [3.05, 3.63) is 0 Å². The van der Waals surface area contributed by atoms with E-state index in [1.807, 2.05) is 0 Å². The van der Waals surface area contributed by atoms with Gasteiger partial charge in [-0.1, -0.05) is 32.1 Å². The molecule has 1 fully saturated rings. The number of hydrogen-bond acceptors (Lipinski definition) is 1. The van der Waals surface area contributed by atoms with Crippen molar-refractivity contribution in [1.29, 1.82) is 0 Å². The Labute approximate surface area is 93.8 Å². The first-order valence-electron chi connectivity index (χ1n) is 6.36. The first-order valence-corrected chi connectivity index (χ1v) is 6.36. The van der Waals surface area contributed by atoms with E-state index in [0.29, 0.717) is 12.5 Å². The molecule has 2 heteroatoms. The molecular formula is C13H26FN. The number of hydrogen-bond donors (Lipinski definition) is 1. The third kappa shape index (κ3) is 6.14. The van der Waals surface area contributed by atoms with Gasteiger partial charge in [-0.25, -0.2) is 4.39 Å². The Bertz CT molecular complexity index is 168. The average molecular weight is 215 g/mol. The molecular weight excluding hydrogens is 189 g/mol. The Morgan fingerprint density at radius 2 is 1.80 bits per heavy atom. The normalized spacial score (nSPS) is 21.6. The van der Waals surface area contributed by atoms with Crippen LogP contribution in [-0.2, 0) is 0 Å². The molecule has 1 nitrogen and oxygen atoms in total. The SMILES string of the molecule is CC(C)(C)NCC(F)CC1CCCCC1. The highest BCUT2D eigenvalue weighted by molar-refractivity contribution is 4.76. The van der Waals surface area contributed by atoms with Crippen molar-refractivity contribution in [2.24, 2.45) is 5.92 Å². The lowest BCUT2D eigenvalue weighted by Crippen LogP contribution is -2.40. The van der Waals surface area contributed by atoms with Crippen molar-refractivity contribution in [3.8, 4) is 0 Å². The number of alkyl halides is 1. The van der Waals surface area contributed by atoms with Gasteiger partial charge in [0.1, 0.15) is 6.17 Å². The van der Waals surface area contributed by atoms with Crippen molar-refractivity contribution >= 4 is 0 Å². The lowest BCUT2D eigenvalue weighted by molar-refractivity contribution is 0.213. The molecule has 0 aromatic rings. The fraction of sp³-hybridized carbons (Fsp3) is 1.00. The van der Waals surface area contributed by atoms with Crippen molar-refractivity contribution in [2.75, 3.05) is 6.54 Å². The van der Waals surface area contributed by atoms with E-state index in [1.165, 1.54) is 32.1 Å². The molecule has 1 rings (SSSR count). The van der Waals surface area contributed by atoms with Crippen LogP contribution in [0.5, 0.6) is 0 Å². The van der Waals surface area contributed by atoms with Gasteiger partial charge in [-0.3, -0.25) is 0 Å². The van der Waals surface area contributed by atoms with E-state index < -0.39 is 6.17 Å². The molecule has 0 saturated heterocycles. The van der Waals surface area contributed by atoms with Gasteiger partial charge < -0.3 is 5.32 Å². The van der Waals surface area contributed by atoms with Crippen LogP contribution in [-0.4, -0.2) is 18.3 Å². The van der Waals surface area contributed by atoms with Crippen LogP contribution in [0.3, 0.4) is 0 Å². The van der Waals surface area contributed by atoms with E-state index in [2.05, 4.69) is 26.1 Å². The van der Waals surface area contributed by atoms with Crippen LogP contribution in [0.15, 0.2) is 0 Å². The Morgan fingerprint density at radius 1 is 1.20 bits per heavy atom. The van der Waals surface area contributed by atoms with Crippen LogP contribution in [0.2, 0.25) is 0 Å². The summed E-state index contributed by atoms with van der Waals surface area (Å²) in [5.41, 5.74) is 0.0386. The fourth-order valence-electron chi connectivity index (χ4n) is 2.28. The Kier molecular flexibility index (Phi) is 5.04. The number of rotatable bonds is 4. The van der Waals surface area contributed by atoms with Gasteiger partial charge in [-0.05, 0) is 33.1 Å². The summed E-state index contributed by atoms with van der Waals surface area (Å²) in [6.07, 6.45) is 6.57. The van der Waals surface area contributed by atoms with E-state index in [-0.39, 0.29) is 5.54 Å². The summed E-state index contributed by atoms with van der Waals surface area (Å²) < 4.78 is 13.7. The van der Waals surface area contributed by atoms with Crippen molar-refractivity contribution in [2.45, 2.75) is 71.0 Å². The van der Waals surface area contributed by atoms with Gasteiger partial charge in [0, 0.05) is 12.1 Å². The number of halogens is 1. The lowest BCUT2D eigenvalue weighted by atomic mass is 9.85. The van der Waals surface area contributed by atoms with Crippen molar-refractivity contribution in [1.82, 2.24) is 5.32 Å². The smallest absolute Gasteiger partial charge is 0.113 e. The molecule has 0 aliphatic heterocycles. The van der Waals surface area contributed by atoms with E-state index in [1.54, 1.807) is 0 Å². The van der Waals surface area contributed by atoms with E-state index >= 15 is 0 Å². The maximum absolute atomic E-state index is 13.7. The standard InChI is InChI=1S/C13H26FN/c1-13(2,3)15-10-12(14)9-11-7-5-4-6-8-11/h11-12,15H,4-10H2,1-3H3. The van der Waals surface area contributed by atoms with Crippen LogP contribution in [0, 0.1) is 5.92 Å². The van der Waals surface area contributed by atoms with Gasteiger partial charge in [0.2, 0.25) is 0 Å². The fourth-order valence-corrected chi connectivity index (χ4v) is 2.28. The quantitative estimate of drug-likeness (QED) is 0.754. The molecule has 0 aromatic carbocycles. The molecule has 0 bridgehead atoms. The molecule has 0 aromatic heterocycles. The van der Waals surface area contributed by atoms with Gasteiger partial charge in [-0.2, -0.15) is 0 Å². The molecule has 1 N–H and O–H groups in total. The second kappa shape index (κ2) is 5.83. The Balaban J connectivity index is 2.14. The second-order valence-corrected chi connectivity index (χ2v) is 5.97. The highest BCUT2D eigenvalue weighted by Gasteiger charge is 2.19. The lowest BCUT2D eigenvalue weighted by Gasteiger charge is -2.26. The monoisotopic (exact) mass is 215 g/mol. The Hall–Kier alpha value is -0.110. The molecule has 0 amide bonds. The maximum Gasteiger partial charge on any atom is 0.113 e. The zero-order chi connectivity index (χ0) is 11.3. The van der Waals surface area contributed by atoms with Gasteiger partial charge >= 0.3 is 0 Å². The Morgan fingerprint density at radius 3 is 2.33 bits per heavy atom. The predicted molar refractivity (Wildman–Crippen MR) is 63.8 cm³/mol. The summed E-state index contributed by atoms with van der Waals surface area (Å²) in [5.74, 6) is 0.649. The molecule has 90 valence electrons. The molecule has 0 spiro atoms. The number of nitrogens with one attached hydrogen (secondary N) is 1.